The van der Waals surface area contributed by atoms with Gasteiger partial charge in [-0.25, -0.2) is 4.79 Å². The number of hydrogen-bond donors (Lipinski definition) is 1. The van der Waals surface area contributed by atoms with Crippen molar-refractivity contribution in [2.24, 2.45) is 0 Å². The molecule has 2 heterocycles. The Morgan fingerprint density at radius 2 is 2.38 bits per heavy atom. The topological polar surface area (TPSA) is 70.1 Å². The fourth-order valence-corrected chi connectivity index (χ4v) is 3.15. The molecule has 0 radical (unpaired) electrons. The number of aliphatic carboxylic acids is 1. The third-order valence-corrected chi connectivity index (χ3v) is 4.69. The van der Waals surface area contributed by atoms with E-state index >= 15 is 0 Å². The molecular formula is C14H20N2O4S. The van der Waals surface area contributed by atoms with Crippen molar-refractivity contribution in [3.63, 3.8) is 0 Å². The number of hydrogen-bond acceptors (Lipinski definition) is 4. The average Bonchev–Trinajstić information content (AvgIpc) is 2.98. The van der Waals surface area contributed by atoms with E-state index in [0.717, 1.165) is 4.88 Å². The molecular weight excluding hydrogens is 292 g/mol. The van der Waals surface area contributed by atoms with E-state index in [0.29, 0.717) is 19.7 Å². The molecule has 1 aromatic heterocycles. The van der Waals surface area contributed by atoms with Crippen LogP contribution in [-0.2, 0) is 9.53 Å². The minimum Gasteiger partial charge on any atom is -0.481 e. The van der Waals surface area contributed by atoms with Gasteiger partial charge in [-0.3, -0.25) is 4.79 Å². The standard InChI is InChI=1S/C14H20N2O4S/c1-10(12-4-3-7-21-12)15(2)14(19)16-5-6-20-11(9-16)8-13(17)18/h3-4,7,10-11H,5-6,8-9H2,1-2H3,(H,17,18). The van der Waals surface area contributed by atoms with E-state index in [4.69, 9.17) is 9.84 Å². The van der Waals surface area contributed by atoms with Crippen molar-refractivity contribution in [1.29, 1.82) is 0 Å². The first kappa shape index (κ1) is 15.8. The summed E-state index contributed by atoms with van der Waals surface area (Å²) in [6, 6.07) is 3.88. The van der Waals surface area contributed by atoms with Gasteiger partial charge in [0.25, 0.3) is 0 Å². The van der Waals surface area contributed by atoms with Gasteiger partial charge in [0.05, 0.1) is 25.2 Å². The summed E-state index contributed by atoms with van der Waals surface area (Å²) in [5.74, 6) is -0.908. The summed E-state index contributed by atoms with van der Waals surface area (Å²) in [5.41, 5.74) is 0. The molecule has 0 bridgehead atoms. The van der Waals surface area contributed by atoms with E-state index in [-0.39, 0.29) is 18.5 Å². The number of thiophene rings is 1. The number of ether oxygens (including phenoxy) is 1. The fourth-order valence-electron chi connectivity index (χ4n) is 2.32. The zero-order chi connectivity index (χ0) is 15.4. The summed E-state index contributed by atoms with van der Waals surface area (Å²) < 4.78 is 5.39. The summed E-state index contributed by atoms with van der Waals surface area (Å²) in [7, 11) is 1.77. The predicted molar refractivity (Wildman–Crippen MR) is 79.5 cm³/mol. The van der Waals surface area contributed by atoms with E-state index < -0.39 is 12.1 Å². The highest BCUT2D eigenvalue weighted by Crippen LogP contribution is 2.24. The Labute approximate surface area is 127 Å². The summed E-state index contributed by atoms with van der Waals surface area (Å²) >= 11 is 1.62. The molecule has 0 spiro atoms. The second-order valence-electron chi connectivity index (χ2n) is 5.12. The lowest BCUT2D eigenvalue weighted by atomic mass is 10.2. The van der Waals surface area contributed by atoms with Crippen LogP contribution in [0.15, 0.2) is 17.5 Å². The van der Waals surface area contributed by atoms with Crippen LogP contribution in [0.5, 0.6) is 0 Å². The lowest BCUT2D eigenvalue weighted by Gasteiger charge is -2.36. The number of carboxylic acid groups (broad SMARTS) is 1. The number of morpholine rings is 1. The van der Waals surface area contributed by atoms with Gasteiger partial charge >= 0.3 is 12.0 Å². The zero-order valence-electron chi connectivity index (χ0n) is 12.2. The van der Waals surface area contributed by atoms with Gasteiger partial charge in [-0.1, -0.05) is 6.07 Å². The molecule has 1 saturated heterocycles. The van der Waals surface area contributed by atoms with E-state index in [9.17, 15) is 9.59 Å². The largest absolute Gasteiger partial charge is 0.481 e. The molecule has 2 rings (SSSR count). The van der Waals surface area contributed by atoms with Crippen molar-refractivity contribution in [3.05, 3.63) is 22.4 Å². The predicted octanol–water partition coefficient (Wildman–Crippen LogP) is 2.04. The van der Waals surface area contributed by atoms with E-state index in [1.165, 1.54) is 0 Å². The van der Waals surface area contributed by atoms with Crippen LogP contribution < -0.4 is 0 Å². The van der Waals surface area contributed by atoms with Gasteiger partial charge in [-0.15, -0.1) is 11.3 Å². The van der Waals surface area contributed by atoms with Gasteiger partial charge < -0.3 is 19.6 Å². The van der Waals surface area contributed by atoms with Crippen LogP contribution in [0, 0.1) is 0 Å². The molecule has 1 fully saturated rings. The molecule has 21 heavy (non-hydrogen) atoms. The smallest absolute Gasteiger partial charge is 0.320 e. The average molecular weight is 312 g/mol. The number of nitrogens with zero attached hydrogens (tertiary/aromatic N) is 2. The third kappa shape index (κ3) is 3.95. The maximum absolute atomic E-state index is 12.5. The molecule has 0 saturated carbocycles. The van der Waals surface area contributed by atoms with Crippen molar-refractivity contribution >= 4 is 23.3 Å². The van der Waals surface area contributed by atoms with Crippen molar-refractivity contribution < 1.29 is 19.4 Å². The number of carboxylic acids is 1. The summed E-state index contributed by atoms with van der Waals surface area (Å²) in [6.07, 6.45) is -0.501. The molecule has 0 aromatic carbocycles. The van der Waals surface area contributed by atoms with Gasteiger partial charge in [0, 0.05) is 25.0 Å². The Balaban J connectivity index is 1.96. The van der Waals surface area contributed by atoms with Crippen LogP contribution in [0.3, 0.4) is 0 Å². The van der Waals surface area contributed by atoms with Crippen LogP contribution in [0.4, 0.5) is 4.79 Å². The van der Waals surface area contributed by atoms with Gasteiger partial charge in [0.2, 0.25) is 0 Å². The number of rotatable bonds is 4. The summed E-state index contributed by atoms with van der Waals surface area (Å²) in [6.45, 7) is 3.19. The molecule has 7 heteroatoms. The highest BCUT2D eigenvalue weighted by Gasteiger charge is 2.29. The normalized spacial score (nSPS) is 20.1. The van der Waals surface area contributed by atoms with Crippen molar-refractivity contribution in [2.45, 2.75) is 25.5 Å². The molecule has 2 amide bonds. The quantitative estimate of drug-likeness (QED) is 0.923. The molecule has 0 aliphatic carbocycles. The van der Waals surface area contributed by atoms with Crippen LogP contribution in [0.1, 0.15) is 24.3 Å². The minimum atomic E-state index is -0.908. The Morgan fingerprint density at radius 1 is 1.62 bits per heavy atom. The van der Waals surface area contributed by atoms with Crippen LogP contribution in [0.2, 0.25) is 0 Å². The Hall–Kier alpha value is -1.60. The lowest BCUT2D eigenvalue weighted by molar-refractivity contribution is -0.141. The van der Waals surface area contributed by atoms with E-state index in [1.807, 2.05) is 24.4 Å². The van der Waals surface area contributed by atoms with E-state index in [2.05, 4.69) is 0 Å². The van der Waals surface area contributed by atoms with Crippen molar-refractivity contribution in [3.8, 4) is 0 Å². The monoisotopic (exact) mass is 312 g/mol. The third-order valence-electron chi connectivity index (χ3n) is 3.65. The molecule has 116 valence electrons. The Kier molecular flexibility index (Phi) is 5.19. The van der Waals surface area contributed by atoms with Crippen LogP contribution in [-0.4, -0.2) is 59.8 Å². The second kappa shape index (κ2) is 6.91. The number of urea groups is 1. The van der Waals surface area contributed by atoms with Gasteiger partial charge in [0.15, 0.2) is 0 Å². The highest BCUT2D eigenvalue weighted by atomic mass is 32.1. The maximum Gasteiger partial charge on any atom is 0.320 e. The van der Waals surface area contributed by atoms with Crippen LogP contribution >= 0.6 is 11.3 Å². The summed E-state index contributed by atoms with van der Waals surface area (Å²) in [4.78, 5) is 27.8. The molecule has 2 atom stereocenters. The lowest BCUT2D eigenvalue weighted by Crippen LogP contribution is -2.50. The van der Waals surface area contributed by atoms with Gasteiger partial charge in [-0.2, -0.15) is 0 Å². The number of amides is 2. The minimum absolute atomic E-state index is 0.00160. The maximum atomic E-state index is 12.5. The Morgan fingerprint density at radius 3 is 3.00 bits per heavy atom. The van der Waals surface area contributed by atoms with Crippen LogP contribution in [0.25, 0.3) is 0 Å². The zero-order valence-corrected chi connectivity index (χ0v) is 13.0. The molecule has 1 aliphatic heterocycles. The highest BCUT2D eigenvalue weighted by molar-refractivity contribution is 7.10. The van der Waals surface area contributed by atoms with Gasteiger partial charge in [0.1, 0.15) is 0 Å². The fraction of sp³-hybridized carbons (Fsp3) is 0.571. The molecule has 1 aliphatic rings. The van der Waals surface area contributed by atoms with Gasteiger partial charge in [-0.05, 0) is 18.4 Å². The van der Waals surface area contributed by atoms with E-state index in [1.54, 1.807) is 28.2 Å². The molecule has 6 nitrogen and oxygen atoms in total. The molecule has 2 unspecified atom stereocenters. The molecule has 1 aromatic rings. The first-order chi connectivity index (χ1) is 9.99. The number of carbonyl (C=O) groups excluding carboxylic acids is 1. The number of carbonyl (C=O) groups is 2. The SMILES string of the molecule is CC(c1cccs1)N(C)C(=O)N1CCOC(CC(=O)O)C1. The van der Waals surface area contributed by atoms with Crippen molar-refractivity contribution in [2.75, 3.05) is 26.7 Å². The first-order valence-corrected chi connectivity index (χ1v) is 7.75. The Bertz CT molecular complexity index is 491. The first-order valence-electron chi connectivity index (χ1n) is 6.87. The van der Waals surface area contributed by atoms with Crippen molar-refractivity contribution in [1.82, 2.24) is 9.80 Å². The summed E-state index contributed by atoms with van der Waals surface area (Å²) in [5, 5.41) is 10.8. The molecule has 1 N–H and O–H groups in total. The second-order valence-corrected chi connectivity index (χ2v) is 6.10.